The molecule has 0 aliphatic heterocycles. The van der Waals surface area contributed by atoms with E-state index in [0.717, 1.165) is 15.8 Å². The van der Waals surface area contributed by atoms with E-state index in [2.05, 4.69) is 58.7 Å². The molecule has 0 aliphatic carbocycles. The van der Waals surface area contributed by atoms with Crippen LogP contribution in [0.5, 0.6) is 5.75 Å². The minimum Gasteiger partial charge on any atom is -0.496 e. The van der Waals surface area contributed by atoms with Gasteiger partial charge in [0.05, 0.1) is 13.2 Å². The number of ether oxygens (including phenoxy) is 1. The van der Waals surface area contributed by atoms with Crippen molar-refractivity contribution >= 4 is 27.3 Å². The van der Waals surface area contributed by atoms with Gasteiger partial charge < -0.3 is 10.1 Å². The first-order chi connectivity index (χ1) is 9.08. The summed E-state index contributed by atoms with van der Waals surface area (Å²) >= 11 is 5.38. The highest BCUT2D eigenvalue weighted by Gasteiger charge is 2.20. The molecule has 1 unspecified atom stereocenters. The van der Waals surface area contributed by atoms with Crippen molar-refractivity contribution in [1.29, 1.82) is 0 Å². The van der Waals surface area contributed by atoms with Crippen LogP contribution in [-0.4, -0.2) is 14.2 Å². The van der Waals surface area contributed by atoms with E-state index >= 15 is 0 Å². The number of methoxy groups -OCH3 is 1. The highest BCUT2D eigenvalue weighted by Crippen LogP contribution is 2.37. The van der Waals surface area contributed by atoms with Crippen LogP contribution in [0.1, 0.15) is 27.6 Å². The second-order valence-electron chi connectivity index (χ2n) is 4.53. The Labute approximate surface area is 126 Å². The average molecular weight is 340 g/mol. The van der Waals surface area contributed by atoms with E-state index in [4.69, 9.17) is 4.74 Å². The van der Waals surface area contributed by atoms with Crippen LogP contribution in [0.3, 0.4) is 0 Å². The van der Waals surface area contributed by atoms with Gasteiger partial charge in [-0.15, -0.1) is 11.3 Å². The van der Waals surface area contributed by atoms with Crippen LogP contribution in [-0.2, 0) is 0 Å². The molecule has 102 valence electrons. The minimum atomic E-state index is 0.159. The van der Waals surface area contributed by atoms with E-state index in [0.29, 0.717) is 0 Å². The molecule has 0 spiro atoms. The third kappa shape index (κ3) is 2.86. The Hall–Kier alpha value is -0.840. The number of benzene rings is 1. The Bertz CT molecular complexity index is 580. The maximum Gasteiger partial charge on any atom is 0.124 e. The standard InChI is InChI=1S/C15H18BrNOS/c1-9-5-6-19-15(9)14(17-3)11-8-12(16)10(2)7-13(11)18-4/h5-8,14,17H,1-4H3. The highest BCUT2D eigenvalue weighted by atomic mass is 79.9. The van der Waals surface area contributed by atoms with Crippen LogP contribution in [0.2, 0.25) is 0 Å². The molecule has 4 heteroatoms. The van der Waals surface area contributed by atoms with Crippen LogP contribution < -0.4 is 10.1 Å². The Morgan fingerprint density at radius 3 is 2.53 bits per heavy atom. The number of aryl methyl sites for hydroxylation is 2. The Morgan fingerprint density at radius 1 is 1.26 bits per heavy atom. The smallest absolute Gasteiger partial charge is 0.124 e. The Morgan fingerprint density at radius 2 is 2.00 bits per heavy atom. The zero-order valence-corrected chi connectivity index (χ0v) is 14.0. The van der Waals surface area contributed by atoms with Crippen LogP contribution in [0.15, 0.2) is 28.1 Å². The van der Waals surface area contributed by atoms with Crippen LogP contribution >= 0.6 is 27.3 Å². The van der Waals surface area contributed by atoms with Crippen molar-refractivity contribution in [1.82, 2.24) is 5.32 Å². The van der Waals surface area contributed by atoms with Gasteiger partial charge in [-0.25, -0.2) is 0 Å². The molecule has 1 N–H and O–H groups in total. The van der Waals surface area contributed by atoms with Crippen molar-refractivity contribution in [3.63, 3.8) is 0 Å². The van der Waals surface area contributed by atoms with Gasteiger partial charge in [0.1, 0.15) is 5.75 Å². The van der Waals surface area contributed by atoms with E-state index in [9.17, 15) is 0 Å². The van der Waals surface area contributed by atoms with Gasteiger partial charge in [-0.3, -0.25) is 0 Å². The van der Waals surface area contributed by atoms with Gasteiger partial charge in [0, 0.05) is 14.9 Å². The van der Waals surface area contributed by atoms with Gasteiger partial charge in [-0.1, -0.05) is 15.9 Å². The number of hydrogen-bond donors (Lipinski definition) is 1. The summed E-state index contributed by atoms with van der Waals surface area (Å²) in [4.78, 5) is 1.33. The molecule has 0 amide bonds. The summed E-state index contributed by atoms with van der Waals surface area (Å²) in [5.41, 5.74) is 3.65. The first kappa shape index (κ1) is 14.6. The fourth-order valence-corrected chi connectivity index (χ4v) is 3.60. The monoisotopic (exact) mass is 339 g/mol. The first-order valence-corrected chi connectivity index (χ1v) is 7.81. The fourth-order valence-electron chi connectivity index (χ4n) is 2.18. The number of thiophene rings is 1. The van der Waals surface area contributed by atoms with Gasteiger partial charge in [0.25, 0.3) is 0 Å². The van der Waals surface area contributed by atoms with Crippen molar-refractivity contribution in [2.45, 2.75) is 19.9 Å². The average Bonchev–Trinajstić information content (AvgIpc) is 2.81. The topological polar surface area (TPSA) is 21.3 Å². The number of rotatable bonds is 4. The number of hydrogen-bond acceptors (Lipinski definition) is 3. The van der Waals surface area contributed by atoms with Crippen LogP contribution in [0, 0.1) is 13.8 Å². The van der Waals surface area contributed by atoms with Gasteiger partial charge in [-0.2, -0.15) is 0 Å². The minimum absolute atomic E-state index is 0.159. The number of halogens is 1. The summed E-state index contributed by atoms with van der Waals surface area (Å²) in [6, 6.07) is 6.54. The molecule has 1 atom stereocenters. The molecular formula is C15H18BrNOS. The molecule has 0 bridgehead atoms. The fraction of sp³-hybridized carbons (Fsp3) is 0.333. The molecule has 0 fully saturated rings. The molecule has 1 aromatic carbocycles. The molecular weight excluding hydrogens is 322 g/mol. The van der Waals surface area contributed by atoms with Gasteiger partial charge >= 0.3 is 0 Å². The third-order valence-corrected chi connectivity index (χ3v) is 5.21. The second-order valence-corrected chi connectivity index (χ2v) is 6.33. The molecule has 2 aromatic rings. The highest BCUT2D eigenvalue weighted by molar-refractivity contribution is 9.10. The largest absolute Gasteiger partial charge is 0.496 e. The zero-order chi connectivity index (χ0) is 14.0. The molecule has 0 saturated heterocycles. The van der Waals surface area contributed by atoms with Gasteiger partial charge in [0.15, 0.2) is 0 Å². The van der Waals surface area contributed by atoms with E-state index < -0.39 is 0 Å². The summed E-state index contributed by atoms with van der Waals surface area (Å²) in [6.07, 6.45) is 0. The van der Waals surface area contributed by atoms with Crippen LogP contribution in [0.4, 0.5) is 0 Å². The first-order valence-electron chi connectivity index (χ1n) is 6.13. The van der Waals surface area contributed by atoms with Crippen molar-refractivity contribution in [3.8, 4) is 5.75 Å². The zero-order valence-electron chi connectivity index (χ0n) is 11.6. The normalized spacial score (nSPS) is 12.5. The predicted octanol–water partition coefficient (Wildman–Crippen LogP) is 4.44. The summed E-state index contributed by atoms with van der Waals surface area (Å²) in [6.45, 7) is 4.22. The molecule has 0 aliphatic rings. The Kier molecular flexibility index (Phi) is 4.66. The predicted molar refractivity (Wildman–Crippen MR) is 85.4 cm³/mol. The summed E-state index contributed by atoms with van der Waals surface area (Å²) < 4.78 is 6.65. The van der Waals surface area contributed by atoms with Crippen molar-refractivity contribution in [2.24, 2.45) is 0 Å². The third-order valence-electron chi connectivity index (χ3n) is 3.27. The quantitative estimate of drug-likeness (QED) is 0.888. The lowest BCUT2D eigenvalue weighted by atomic mass is 10.0. The van der Waals surface area contributed by atoms with E-state index in [-0.39, 0.29) is 6.04 Å². The number of nitrogens with one attached hydrogen (secondary N) is 1. The summed E-state index contributed by atoms with van der Waals surface area (Å²) in [5, 5.41) is 5.52. The maximum absolute atomic E-state index is 5.55. The molecule has 1 aromatic heterocycles. The van der Waals surface area contributed by atoms with Crippen molar-refractivity contribution in [2.75, 3.05) is 14.2 Å². The molecule has 1 heterocycles. The SMILES string of the molecule is CNC(c1cc(Br)c(C)cc1OC)c1sccc1C. The Balaban J connectivity index is 2.55. The van der Waals surface area contributed by atoms with Gasteiger partial charge in [0.2, 0.25) is 0 Å². The lowest BCUT2D eigenvalue weighted by molar-refractivity contribution is 0.405. The lowest BCUT2D eigenvalue weighted by Gasteiger charge is -2.20. The van der Waals surface area contributed by atoms with Crippen molar-refractivity contribution < 1.29 is 4.74 Å². The molecule has 2 nitrogen and oxygen atoms in total. The van der Waals surface area contributed by atoms with Crippen LogP contribution in [0.25, 0.3) is 0 Å². The van der Waals surface area contributed by atoms with Crippen molar-refractivity contribution in [3.05, 3.63) is 49.6 Å². The van der Waals surface area contributed by atoms with E-state index in [1.807, 2.05) is 7.05 Å². The molecule has 0 radical (unpaired) electrons. The molecule has 2 rings (SSSR count). The summed E-state index contributed by atoms with van der Waals surface area (Å²) in [5.74, 6) is 0.924. The lowest BCUT2D eigenvalue weighted by Crippen LogP contribution is -2.18. The van der Waals surface area contributed by atoms with E-state index in [1.165, 1.54) is 16.0 Å². The second kappa shape index (κ2) is 6.07. The van der Waals surface area contributed by atoms with Gasteiger partial charge in [-0.05, 0) is 55.6 Å². The van der Waals surface area contributed by atoms with E-state index in [1.54, 1.807) is 18.4 Å². The molecule has 19 heavy (non-hydrogen) atoms. The molecule has 0 saturated carbocycles. The maximum atomic E-state index is 5.55. The summed E-state index contributed by atoms with van der Waals surface area (Å²) in [7, 11) is 3.71.